The van der Waals surface area contributed by atoms with Crippen LogP contribution >= 0.6 is 27.5 Å². The van der Waals surface area contributed by atoms with Crippen LogP contribution in [0.5, 0.6) is 5.75 Å². The molecule has 1 N–H and O–H groups in total. The van der Waals surface area contributed by atoms with E-state index < -0.39 is 5.97 Å². The molecule has 1 aromatic rings. The van der Waals surface area contributed by atoms with Crippen LogP contribution in [0.2, 0.25) is 5.02 Å². The zero-order chi connectivity index (χ0) is 10.0. The zero-order valence-corrected chi connectivity index (χ0v) is 9.02. The molecule has 0 spiro atoms. The van der Waals surface area contributed by atoms with Gasteiger partial charge in [-0.05, 0) is 28.1 Å². The molecule has 0 amide bonds. The van der Waals surface area contributed by atoms with Gasteiger partial charge >= 0.3 is 5.97 Å². The Morgan fingerprint density at radius 1 is 1.62 bits per heavy atom. The van der Waals surface area contributed by atoms with Crippen molar-refractivity contribution in [2.75, 3.05) is 7.11 Å². The van der Waals surface area contributed by atoms with Crippen LogP contribution in [-0.2, 0) is 0 Å². The lowest BCUT2D eigenvalue weighted by molar-refractivity contribution is 0.0695. The van der Waals surface area contributed by atoms with Crippen LogP contribution in [0.3, 0.4) is 0 Å². The fourth-order valence-electron chi connectivity index (χ4n) is 0.887. The molecule has 0 atom stereocenters. The molecular weight excluding hydrogens is 259 g/mol. The first-order valence-electron chi connectivity index (χ1n) is 3.33. The molecule has 0 saturated heterocycles. The molecule has 0 aliphatic carbocycles. The van der Waals surface area contributed by atoms with E-state index in [0.717, 1.165) is 0 Å². The van der Waals surface area contributed by atoms with Crippen molar-refractivity contribution in [3.63, 3.8) is 0 Å². The van der Waals surface area contributed by atoms with Crippen LogP contribution < -0.4 is 4.74 Å². The highest BCUT2D eigenvalue weighted by atomic mass is 79.9. The third kappa shape index (κ3) is 1.95. The topological polar surface area (TPSA) is 46.5 Å². The summed E-state index contributed by atoms with van der Waals surface area (Å²) in [6.07, 6.45) is 0. The van der Waals surface area contributed by atoms with Crippen molar-refractivity contribution in [2.24, 2.45) is 0 Å². The Balaban J connectivity index is 3.38. The summed E-state index contributed by atoms with van der Waals surface area (Å²) in [6, 6.07) is 3.08. The van der Waals surface area contributed by atoms with Crippen LogP contribution in [0, 0.1) is 0 Å². The molecule has 0 saturated carbocycles. The van der Waals surface area contributed by atoms with Crippen molar-refractivity contribution < 1.29 is 14.6 Å². The van der Waals surface area contributed by atoms with E-state index in [9.17, 15) is 4.79 Å². The SMILES string of the molecule is COc1ccc(Cl)c(C(=O)O)c1Br. The van der Waals surface area contributed by atoms with Crippen LogP contribution in [0.1, 0.15) is 10.4 Å². The number of methoxy groups -OCH3 is 1. The molecule has 0 aromatic heterocycles. The van der Waals surface area contributed by atoms with E-state index in [2.05, 4.69) is 15.9 Å². The highest BCUT2D eigenvalue weighted by molar-refractivity contribution is 9.10. The van der Waals surface area contributed by atoms with Crippen LogP contribution in [0.15, 0.2) is 16.6 Å². The average molecular weight is 265 g/mol. The zero-order valence-electron chi connectivity index (χ0n) is 6.67. The summed E-state index contributed by atoms with van der Waals surface area (Å²) in [5.74, 6) is -0.641. The highest BCUT2D eigenvalue weighted by Gasteiger charge is 2.16. The van der Waals surface area contributed by atoms with Crippen molar-refractivity contribution in [3.05, 3.63) is 27.2 Å². The first-order valence-corrected chi connectivity index (χ1v) is 4.50. The monoisotopic (exact) mass is 264 g/mol. The summed E-state index contributed by atoms with van der Waals surface area (Å²) < 4.78 is 5.28. The van der Waals surface area contributed by atoms with Gasteiger partial charge in [-0.1, -0.05) is 11.6 Å². The second kappa shape index (κ2) is 3.98. The molecule has 0 heterocycles. The third-order valence-electron chi connectivity index (χ3n) is 1.49. The molecule has 5 heteroatoms. The van der Waals surface area contributed by atoms with E-state index in [4.69, 9.17) is 21.4 Å². The van der Waals surface area contributed by atoms with Gasteiger partial charge in [-0.3, -0.25) is 0 Å². The number of rotatable bonds is 2. The number of halogens is 2. The lowest BCUT2D eigenvalue weighted by Gasteiger charge is -2.06. The Bertz CT molecular complexity index is 351. The summed E-state index contributed by atoms with van der Waals surface area (Å²) in [4.78, 5) is 10.7. The van der Waals surface area contributed by atoms with Gasteiger partial charge in [-0.15, -0.1) is 0 Å². The van der Waals surface area contributed by atoms with Gasteiger partial charge in [0.25, 0.3) is 0 Å². The van der Waals surface area contributed by atoms with Gasteiger partial charge in [0.05, 0.1) is 22.2 Å². The smallest absolute Gasteiger partial charge is 0.338 e. The number of ether oxygens (including phenoxy) is 1. The molecule has 3 nitrogen and oxygen atoms in total. The molecule has 13 heavy (non-hydrogen) atoms. The third-order valence-corrected chi connectivity index (χ3v) is 2.59. The van der Waals surface area contributed by atoms with Crippen LogP contribution in [-0.4, -0.2) is 18.2 Å². The van der Waals surface area contributed by atoms with Crippen molar-refractivity contribution >= 4 is 33.5 Å². The Morgan fingerprint density at radius 3 is 2.69 bits per heavy atom. The number of carboxylic acid groups (broad SMARTS) is 1. The second-order valence-corrected chi connectivity index (χ2v) is 3.44. The normalized spacial score (nSPS) is 9.77. The van der Waals surface area contributed by atoms with Gasteiger partial charge in [0.15, 0.2) is 0 Å². The Labute approximate surface area is 88.4 Å². The maximum absolute atomic E-state index is 10.7. The van der Waals surface area contributed by atoms with Crippen molar-refractivity contribution in [1.82, 2.24) is 0 Å². The standard InChI is InChI=1S/C8H6BrClO3/c1-13-5-3-2-4(10)6(7(5)9)8(11)12/h2-3H,1H3,(H,11,12). The molecular formula is C8H6BrClO3. The summed E-state index contributed by atoms with van der Waals surface area (Å²) in [5.41, 5.74) is 0.0148. The van der Waals surface area contributed by atoms with Gasteiger partial charge in [-0.25, -0.2) is 4.79 Å². The van der Waals surface area contributed by atoms with Gasteiger partial charge in [0.1, 0.15) is 5.75 Å². The van der Waals surface area contributed by atoms with Gasteiger partial charge in [0, 0.05) is 0 Å². The molecule has 0 fully saturated rings. The largest absolute Gasteiger partial charge is 0.496 e. The Morgan fingerprint density at radius 2 is 2.23 bits per heavy atom. The molecule has 0 aliphatic rings. The highest BCUT2D eigenvalue weighted by Crippen LogP contribution is 2.33. The predicted molar refractivity (Wildman–Crippen MR) is 52.7 cm³/mol. The number of aromatic carboxylic acids is 1. The molecule has 1 aromatic carbocycles. The summed E-state index contributed by atoms with van der Waals surface area (Å²) in [5, 5.41) is 8.98. The van der Waals surface area contributed by atoms with Crippen molar-refractivity contribution in [1.29, 1.82) is 0 Å². The number of hydrogen-bond donors (Lipinski definition) is 1. The van der Waals surface area contributed by atoms with Crippen LogP contribution in [0.4, 0.5) is 0 Å². The summed E-state index contributed by atoms with van der Waals surface area (Å²) in [7, 11) is 1.46. The fourth-order valence-corrected chi connectivity index (χ4v) is 1.92. The van der Waals surface area contributed by atoms with Gasteiger partial charge in [-0.2, -0.15) is 0 Å². The quantitative estimate of drug-likeness (QED) is 0.894. The minimum absolute atomic E-state index is 0.0148. The molecule has 0 bridgehead atoms. The molecule has 70 valence electrons. The van der Waals surface area contributed by atoms with Gasteiger partial charge in [0.2, 0.25) is 0 Å². The first-order chi connectivity index (χ1) is 6.07. The fraction of sp³-hybridized carbons (Fsp3) is 0.125. The first kappa shape index (κ1) is 10.3. The maximum Gasteiger partial charge on any atom is 0.338 e. The van der Waals surface area contributed by atoms with E-state index >= 15 is 0 Å². The molecule has 0 radical (unpaired) electrons. The average Bonchev–Trinajstić information content (AvgIpc) is 2.04. The van der Waals surface area contributed by atoms with E-state index in [-0.39, 0.29) is 10.6 Å². The molecule has 1 rings (SSSR count). The minimum Gasteiger partial charge on any atom is -0.496 e. The van der Waals surface area contributed by atoms with E-state index in [1.807, 2.05) is 0 Å². The lowest BCUT2D eigenvalue weighted by atomic mass is 10.2. The van der Waals surface area contributed by atoms with Gasteiger partial charge < -0.3 is 9.84 Å². The maximum atomic E-state index is 10.7. The summed E-state index contributed by atoms with van der Waals surface area (Å²) >= 11 is 8.79. The molecule has 0 unspecified atom stereocenters. The van der Waals surface area contributed by atoms with E-state index in [1.54, 1.807) is 6.07 Å². The summed E-state index contributed by atoms with van der Waals surface area (Å²) in [6.45, 7) is 0. The van der Waals surface area contributed by atoms with Crippen LogP contribution in [0.25, 0.3) is 0 Å². The Kier molecular flexibility index (Phi) is 3.17. The number of carboxylic acids is 1. The Hall–Kier alpha value is -0.740. The number of carbonyl (C=O) groups is 1. The number of benzene rings is 1. The minimum atomic E-state index is -1.09. The lowest BCUT2D eigenvalue weighted by Crippen LogP contribution is -2.00. The van der Waals surface area contributed by atoms with E-state index in [0.29, 0.717) is 10.2 Å². The predicted octanol–water partition coefficient (Wildman–Crippen LogP) is 2.81. The molecule has 0 aliphatic heterocycles. The van der Waals surface area contributed by atoms with Crippen molar-refractivity contribution in [3.8, 4) is 5.75 Å². The van der Waals surface area contributed by atoms with E-state index in [1.165, 1.54) is 13.2 Å². The van der Waals surface area contributed by atoms with Crippen molar-refractivity contribution in [2.45, 2.75) is 0 Å². The number of hydrogen-bond acceptors (Lipinski definition) is 2. The second-order valence-electron chi connectivity index (χ2n) is 2.24.